The molecular weight excluding hydrogens is 532 g/mol. The largest absolute Gasteiger partial charge is 0.462 e. The van der Waals surface area contributed by atoms with Gasteiger partial charge in [0.15, 0.2) is 29.8 Å². The number of carbonyl (C=O) groups is 2. The van der Waals surface area contributed by atoms with Gasteiger partial charge in [-0.2, -0.15) is 0 Å². The molecule has 0 saturated heterocycles. The smallest absolute Gasteiger partial charge is 0.323 e. The van der Waals surface area contributed by atoms with E-state index in [9.17, 15) is 14.0 Å². The molecule has 4 N–H and O–H groups in total. The second kappa shape index (κ2) is 15.7. The number of hydrogen-bond donors (Lipinski definition) is 3. The van der Waals surface area contributed by atoms with Crippen LogP contribution < -0.4 is 15.9 Å². The molecule has 0 radical (unpaired) electrons. The number of halogens is 1. The Bertz CT molecular complexity index is 1120. The number of nitrogens with one attached hydrogen (secondary N) is 2. The Morgan fingerprint density at radius 3 is 2.51 bits per heavy atom. The van der Waals surface area contributed by atoms with E-state index >= 15 is 0 Å². The zero-order valence-electron chi connectivity index (χ0n) is 23.4. The standard InChI is InChI=1S/C22H33FN7O6P.C2H6/c1-6-15(22(32)35-13(4)5)29-37(28-8-16(31)34-12(2)3)11-33-17-7-14(23)21(36-17)30-10-27-18-19(24)25-9-26-20(18)30;1-2/h7,9-10,12-13,15,17,21,28-29H,6,8,11H2,1-5H3,(H2,24,25,26);1-2H3. The van der Waals surface area contributed by atoms with Crippen LogP contribution in [0.15, 0.2) is 24.6 Å². The van der Waals surface area contributed by atoms with Gasteiger partial charge < -0.3 is 24.7 Å². The molecule has 2 aromatic rings. The van der Waals surface area contributed by atoms with Gasteiger partial charge in [-0.15, -0.1) is 0 Å². The second-order valence-corrected chi connectivity index (χ2v) is 10.4. The predicted octanol–water partition coefficient (Wildman–Crippen LogP) is 3.29. The third kappa shape index (κ3) is 9.43. The Morgan fingerprint density at radius 1 is 1.18 bits per heavy atom. The van der Waals surface area contributed by atoms with E-state index in [-0.39, 0.29) is 30.9 Å². The first-order valence-corrected chi connectivity index (χ1v) is 14.4. The molecule has 4 atom stereocenters. The molecule has 15 heteroatoms. The number of fused-ring (bicyclic) bond motifs is 1. The van der Waals surface area contributed by atoms with Crippen LogP contribution in [0.4, 0.5) is 10.2 Å². The van der Waals surface area contributed by atoms with E-state index in [0.717, 1.165) is 0 Å². The first-order chi connectivity index (χ1) is 18.6. The molecule has 39 heavy (non-hydrogen) atoms. The minimum absolute atomic E-state index is 0.0172. The van der Waals surface area contributed by atoms with Gasteiger partial charge in [0.1, 0.15) is 17.9 Å². The number of nitrogens with two attached hydrogens (primary N) is 1. The number of nitrogen functional groups attached to an aromatic ring is 1. The highest BCUT2D eigenvalue weighted by Gasteiger charge is 2.32. The first-order valence-electron chi connectivity index (χ1n) is 12.8. The van der Waals surface area contributed by atoms with E-state index in [2.05, 4.69) is 25.1 Å². The quantitative estimate of drug-likeness (QED) is 0.238. The highest BCUT2D eigenvalue weighted by atomic mass is 31.1. The third-order valence-electron chi connectivity index (χ3n) is 4.94. The predicted molar refractivity (Wildman–Crippen MR) is 145 cm³/mol. The summed E-state index contributed by atoms with van der Waals surface area (Å²) in [5, 5.41) is 6.18. The molecule has 0 fully saturated rings. The van der Waals surface area contributed by atoms with Crippen molar-refractivity contribution in [1.82, 2.24) is 29.7 Å². The maximum absolute atomic E-state index is 14.8. The Morgan fingerprint density at radius 2 is 1.87 bits per heavy atom. The summed E-state index contributed by atoms with van der Waals surface area (Å²) in [6.45, 7) is 12.7. The van der Waals surface area contributed by atoms with E-state index in [4.69, 9.17) is 24.7 Å². The van der Waals surface area contributed by atoms with E-state index in [1.54, 1.807) is 27.7 Å². The van der Waals surface area contributed by atoms with Crippen LogP contribution in [0.5, 0.6) is 0 Å². The summed E-state index contributed by atoms with van der Waals surface area (Å²) in [5.74, 6) is -1.32. The molecule has 0 aromatic carbocycles. The Kier molecular flexibility index (Phi) is 13.1. The summed E-state index contributed by atoms with van der Waals surface area (Å²) in [5.41, 5.74) is 6.44. The minimum Gasteiger partial charge on any atom is -0.462 e. The highest BCUT2D eigenvalue weighted by molar-refractivity contribution is 7.53. The summed E-state index contributed by atoms with van der Waals surface area (Å²) < 4.78 is 38.2. The number of rotatable bonds is 13. The summed E-state index contributed by atoms with van der Waals surface area (Å²) in [4.78, 5) is 36.6. The molecule has 3 rings (SSSR count). The topological polar surface area (TPSA) is 165 Å². The van der Waals surface area contributed by atoms with E-state index in [1.165, 1.54) is 23.3 Å². The average molecular weight is 572 g/mol. The number of carbonyl (C=O) groups excluding carboxylic acids is 2. The van der Waals surface area contributed by atoms with Gasteiger partial charge in [0.05, 0.1) is 39.7 Å². The number of ether oxygens (including phenoxy) is 4. The van der Waals surface area contributed by atoms with Gasteiger partial charge in [-0.1, -0.05) is 20.8 Å². The Hall–Kier alpha value is -2.77. The van der Waals surface area contributed by atoms with Crippen molar-refractivity contribution in [2.24, 2.45) is 0 Å². The molecule has 1 aliphatic heterocycles. The Balaban J connectivity index is 0.00000260. The normalized spacial score (nSPS) is 18.5. The van der Waals surface area contributed by atoms with Crippen molar-refractivity contribution in [3.63, 3.8) is 0 Å². The lowest BCUT2D eigenvalue weighted by atomic mass is 10.2. The van der Waals surface area contributed by atoms with Crippen molar-refractivity contribution in [3.05, 3.63) is 24.6 Å². The highest BCUT2D eigenvalue weighted by Crippen LogP contribution is 2.35. The lowest BCUT2D eigenvalue weighted by Crippen LogP contribution is -2.40. The average Bonchev–Trinajstić information content (AvgIpc) is 3.47. The van der Waals surface area contributed by atoms with Crippen LogP contribution in [0.2, 0.25) is 0 Å². The Labute approximate surface area is 228 Å². The molecule has 218 valence electrons. The van der Waals surface area contributed by atoms with Crippen LogP contribution in [0.1, 0.15) is 61.1 Å². The van der Waals surface area contributed by atoms with Crippen molar-refractivity contribution in [2.75, 3.05) is 18.6 Å². The number of aromatic nitrogens is 4. The van der Waals surface area contributed by atoms with Crippen molar-refractivity contribution < 1.29 is 32.9 Å². The summed E-state index contributed by atoms with van der Waals surface area (Å²) in [6, 6.07) is -0.641. The van der Waals surface area contributed by atoms with Crippen LogP contribution in [0.25, 0.3) is 11.2 Å². The molecule has 2 aromatic heterocycles. The zero-order chi connectivity index (χ0) is 29.1. The molecule has 0 aliphatic carbocycles. The van der Waals surface area contributed by atoms with Crippen molar-refractivity contribution in [2.45, 2.75) is 85.7 Å². The van der Waals surface area contributed by atoms with Crippen LogP contribution >= 0.6 is 8.22 Å². The molecule has 1 aliphatic rings. The van der Waals surface area contributed by atoms with Crippen molar-refractivity contribution >= 4 is 37.1 Å². The fraction of sp³-hybridized carbons (Fsp3) is 0.625. The van der Waals surface area contributed by atoms with Gasteiger partial charge in [-0.3, -0.25) is 24.3 Å². The molecule has 3 heterocycles. The minimum atomic E-state index is -1.45. The van der Waals surface area contributed by atoms with Gasteiger partial charge in [0.2, 0.25) is 0 Å². The first kappa shape index (κ1) is 32.4. The van der Waals surface area contributed by atoms with Gasteiger partial charge in [-0.05, 0) is 34.1 Å². The molecule has 0 saturated carbocycles. The lowest BCUT2D eigenvalue weighted by Gasteiger charge is -2.26. The maximum atomic E-state index is 14.8. The van der Waals surface area contributed by atoms with Crippen molar-refractivity contribution in [3.8, 4) is 0 Å². The third-order valence-corrected chi connectivity index (χ3v) is 6.51. The summed E-state index contributed by atoms with van der Waals surface area (Å²) in [6.07, 6.45) is 1.48. The van der Waals surface area contributed by atoms with Gasteiger partial charge in [0, 0.05) is 6.08 Å². The van der Waals surface area contributed by atoms with Crippen LogP contribution in [-0.4, -0.2) is 68.9 Å². The van der Waals surface area contributed by atoms with Gasteiger partial charge in [0.25, 0.3) is 0 Å². The monoisotopic (exact) mass is 571 g/mol. The summed E-state index contributed by atoms with van der Waals surface area (Å²) >= 11 is 0. The fourth-order valence-electron chi connectivity index (χ4n) is 3.33. The van der Waals surface area contributed by atoms with Gasteiger partial charge in [-0.25, -0.2) is 19.3 Å². The second-order valence-electron chi connectivity index (χ2n) is 8.66. The van der Waals surface area contributed by atoms with Crippen LogP contribution in [-0.2, 0) is 28.5 Å². The molecule has 13 nitrogen and oxygen atoms in total. The molecule has 0 bridgehead atoms. The van der Waals surface area contributed by atoms with Crippen LogP contribution in [0, 0.1) is 0 Å². The maximum Gasteiger partial charge on any atom is 0.323 e. The number of imidazole rings is 1. The van der Waals surface area contributed by atoms with Crippen molar-refractivity contribution in [1.29, 1.82) is 0 Å². The molecule has 0 spiro atoms. The number of esters is 2. The molecule has 0 amide bonds. The summed E-state index contributed by atoms with van der Waals surface area (Å²) in [7, 11) is -1.45. The number of hydrogen-bond acceptors (Lipinski definition) is 12. The zero-order valence-corrected chi connectivity index (χ0v) is 24.3. The molecular formula is C24H39FN7O6P. The number of anilines is 1. The SMILES string of the molecule is CC.CCC(NP(COC1C=C(F)C(n2cnc3c(N)ncnc32)O1)NCC(=O)OC(C)C)C(=O)OC(C)C. The number of nitrogens with zero attached hydrogens (tertiary/aromatic N) is 4. The van der Waals surface area contributed by atoms with Gasteiger partial charge >= 0.3 is 11.9 Å². The fourth-order valence-corrected chi connectivity index (χ4v) is 4.86. The molecule has 4 unspecified atom stereocenters. The van der Waals surface area contributed by atoms with Crippen LogP contribution in [0.3, 0.4) is 0 Å². The lowest BCUT2D eigenvalue weighted by molar-refractivity contribution is -0.149. The van der Waals surface area contributed by atoms with E-state index in [1.807, 2.05) is 20.8 Å². The van der Waals surface area contributed by atoms with E-state index in [0.29, 0.717) is 17.6 Å². The van der Waals surface area contributed by atoms with E-state index < -0.39 is 44.5 Å².